The Balaban J connectivity index is 1.48. The van der Waals surface area contributed by atoms with Gasteiger partial charge >= 0.3 is 0 Å². The fraction of sp³-hybridized carbons (Fsp3) is 0.348. The van der Waals surface area contributed by atoms with Crippen LogP contribution in [0.15, 0.2) is 42.5 Å². The largest absolute Gasteiger partial charge is 0.490 e. The molecule has 7 nitrogen and oxygen atoms in total. The molecule has 0 unspecified atom stereocenters. The van der Waals surface area contributed by atoms with E-state index >= 15 is 0 Å². The third-order valence-electron chi connectivity index (χ3n) is 4.78. The van der Waals surface area contributed by atoms with Crippen molar-refractivity contribution in [3.05, 3.63) is 53.6 Å². The summed E-state index contributed by atoms with van der Waals surface area (Å²) in [5, 5.41) is 2.75. The minimum absolute atomic E-state index is 0.0294. The molecule has 7 heteroatoms. The standard InChI is InChI=1S/C23H26N2O5/c1-16-4-7-18(8-5-16)24-22(27)15-25(2)23(28)11-9-19(26)17-6-10-20-21(14-17)30-13-3-12-29-20/h4-8,10,14H,3,9,11-13,15H2,1-2H3,(H,24,27). The molecular formula is C23H26N2O5. The van der Waals surface area contributed by atoms with Gasteiger partial charge in [-0.2, -0.15) is 0 Å². The van der Waals surface area contributed by atoms with Crippen molar-refractivity contribution in [2.24, 2.45) is 0 Å². The second-order valence-corrected chi connectivity index (χ2v) is 7.30. The molecule has 0 atom stereocenters. The SMILES string of the molecule is Cc1ccc(NC(=O)CN(C)C(=O)CCC(=O)c2ccc3c(c2)OCCCO3)cc1. The number of amides is 2. The van der Waals surface area contributed by atoms with Gasteiger partial charge in [0, 0.05) is 37.6 Å². The number of carbonyl (C=O) groups excluding carboxylic acids is 3. The number of hydrogen-bond acceptors (Lipinski definition) is 5. The number of likely N-dealkylation sites (N-methyl/N-ethyl adjacent to an activating group) is 1. The summed E-state index contributed by atoms with van der Waals surface area (Å²) in [4.78, 5) is 38.3. The number of aryl methyl sites for hydroxylation is 1. The van der Waals surface area contributed by atoms with E-state index in [9.17, 15) is 14.4 Å². The molecule has 0 aromatic heterocycles. The molecule has 1 heterocycles. The fourth-order valence-electron chi connectivity index (χ4n) is 3.03. The van der Waals surface area contributed by atoms with Gasteiger partial charge in [-0.25, -0.2) is 0 Å². The molecule has 30 heavy (non-hydrogen) atoms. The van der Waals surface area contributed by atoms with Crippen LogP contribution in [0, 0.1) is 6.92 Å². The van der Waals surface area contributed by atoms with Crippen LogP contribution in [0.1, 0.15) is 35.2 Å². The van der Waals surface area contributed by atoms with Gasteiger partial charge in [0.05, 0.1) is 19.8 Å². The summed E-state index contributed by atoms with van der Waals surface area (Å²) < 4.78 is 11.2. The van der Waals surface area contributed by atoms with Gasteiger partial charge in [-0.05, 0) is 37.3 Å². The Bertz CT molecular complexity index is 924. The van der Waals surface area contributed by atoms with Gasteiger partial charge < -0.3 is 19.7 Å². The van der Waals surface area contributed by atoms with E-state index in [-0.39, 0.29) is 37.0 Å². The van der Waals surface area contributed by atoms with Crippen molar-refractivity contribution >= 4 is 23.3 Å². The maximum atomic E-state index is 12.5. The number of rotatable bonds is 7. The van der Waals surface area contributed by atoms with Gasteiger partial charge in [0.2, 0.25) is 11.8 Å². The Kier molecular flexibility index (Phi) is 7.06. The predicted molar refractivity (Wildman–Crippen MR) is 113 cm³/mol. The molecule has 2 aromatic carbocycles. The number of Topliss-reactive ketones (excluding diaryl/α,β-unsaturated/α-hetero) is 1. The summed E-state index contributed by atoms with van der Waals surface area (Å²) in [6, 6.07) is 12.5. The molecule has 2 amide bonds. The Morgan fingerprint density at radius 3 is 2.40 bits per heavy atom. The second kappa shape index (κ2) is 9.91. The first-order valence-electron chi connectivity index (χ1n) is 9.96. The highest BCUT2D eigenvalue weighted by Gasteiger charge is 2.17. The molecule has 0 spiro atoms. The van der Waals surface area contributed by atoms with Crippen molar-refractivity contribution in [1.29, 1.82) is 0 Å². The normalized spacial score (nSPS) is 12.6. The highest BCUT2D eigenvalue weighted by Crippen LogP contribution is 2.30. The van der Waals surface area contributed by atoms with E-state index in [1.807, 2.05) is 31.2 Å². The van der Waals surface area contributed by atoms with E-state index in [1.54, 1.807) is 25.2 Å². The first-order chi connectivity index (χ1) is 14.4. The van der Waals surface area contributed by atoms with E-state index in [0.717, 1.165) is 12.0 Å². The summed E-state index contributed by atoms with van der Waals surface area (Å²) in [7, 11) is 1.55. The Morgan fingerprint density at radius 2 is 1.67 bits per heavy atom. The van der Waals surface area contributed by atoms with Gasteiger partial charge in [-0.1, -0.05) is 17.7 Å². The number of fused-ring (bicyclic) bond motifs is 1. The zero-order chi connectivity index (χ0) is 21.5. The molecule has 3 rings (SSSR count). The van der Waals surface area contributed by atoms with Crippen LogP contribution in [0.25, 0.3) is 0 Å². The minimum Gasteiger partial charge on any atom is -0.490 e. The van der Waals surface area contributed by atoms with Gasteiger partial charge in [-0.15, -0.1) is 0 Å². The number of ether oxygens (including phenoxy) is 2. The lowest BCUT2D eigenvalue weighted by Gasteiger charge is -2.17. The lowest BCUT2D eigenvalue weighted by Crippen LogP contribution is -2.35. The summed E-state index contributed by atoms with van der Waals surface area (Å²) >= 11 is 0. The van der Waals surface area contributed by atoms with Crippen LogP contribution in [-0.4, -0.2) is 49.3 Å². The maximum absolute atomic E-state index is 12.5. The zero-order valence-electron chi connectivity index (χ0n) is 17.3. The van der Waals surface area contributed by atoms with Crippen molar-refractivity contribution in [1.82, 2.24) is 4.90 Å². The van der Waals surface area contributed by atoms with Crippen molar-refractivity contribution in [3.8, 4) is 11.5 Å². The number of hydrogen-bond donors (Lipinski definition) is 1. The molecule has 0 saturated heterocycles. The van der Waals surface area contributed by atoms with Crippen LogP contribution in [-0.2, 0) is 9.59 Å². The molecule has 0 fully saturated rings. The average Bonchev–Trinajstić information content (AvgIpc) is 2.98. The van der Waals surface area contributed by atoms with Crippen molar-refractivity contribution in [3.63, 3.8) is 0 Å². The lowest BCUT2D eigenvalue weighted by atomic mass is 10.1. The number of nitrogens with zero attached hydrogens (tertiary/aromatic N) is 1. The van der Waals surface area contributed by atoms with Gasteiger partial charge in [0.25, 0.3) is 0 Å². The lowest BCUT2D eigenvalue weighted by molar-refractivity contribution is -0.133. The monoisotopic (exact) mass is 410 g/mol. The zero-order valence-corrected chi connectivity index (χ0v) is 17.3. The second-order valence-electron chi connectivity index (χ2n) is 7.30. The maximum Gasteiger partial charge on any atom is 0.243 e. The summed E-state index contributed by atoms with van der Waals surface area (Å²) in [5.74, 6) is 0.464. The highest BCUT2D eigenvalue weighted by atomic mass is 16.5. The van der Waals surface area contributed by atoms with Crippen LogP contribution in [0.5, 0.6) is 11.5 Å². The highest BCUT2D eigenvalue weighted by molar-refractivity contribution is 5.99. The number of nitrogens with one attached hydrogen (secondary N) is 1. The quantitative estimate of drug-likeness (QED) is 0.709. The Hall–Kier alpha value is -3.35. The van der Waals surface area contributed by atoms with Gasteiger partial charge in [0.15, 0.2) is 17.3 Å². The third kappa shape index (κ3) is 5.83. The molecule has 1 N–H and O–H groups in total. The van der Waals surface area contributed by atoms with Crippen molar-refractivity contribution in [2.45, 2.75) is 26.2 Å². The van der Waals surface area contributed by atoms with Crippen LogP contribution in [0.2, 0.25) is 0 Å². The Morgan fingerprint density at radius 1 is 0.967 bits per heavy atom. The van der Waals surface area contributed by atoms with Crippen LogP contribution < -0.4 is 14.8 Å². The van der Waals surface area contributed by atoms with E-state index < -0.39 is 0 Å². The van der Waals surface area contributed by atoms with E-state index in [2.05, 4.69) is 5.32 Å². The number of ketones is 1. The van der Waals surface area contributed by atoms with Crippen LogP contribution >= 0.6 is 0 Å². The first kappa shape index (κ1) is 21.4. The van der Waals surface area contributed by atoms with Crippen molar-refractivity contribution in [2.75, 3.05) is 32.1 Å². The van der Waals surface area contributed by atoms with E-state index in [1.165, 1.54) is 4.90 Å². The Labute approximate surface area is 176 Å². The molecular weight excluding hydrogens is 384 g/mol. The number of carbonyl (C=O) groups is 3. The topological polar surface area (TPSA) is 84.9 Å². The van der Waals surface area contributed by atoms with Crippen molar-refractivity contribution < 1.29 is 23.9 Å². The molecule has 0 aliphatic carbocycles. The summed E-state index contributed by atoms with van der Waals surface area (Å²) in [6.07, 6.45) is 0.875. The summed E-state index contributed by atoms with van der Waals surface area (Å²) in [5.41, 5.74) is 2.25. The minimum atomic E-state index is -0.288. The van der Waals surface area contributed by atoms with Gasteiger partial charge in [0.1, 0.15) is 0 Å². The smallest absolute Gasteiger partial charge is 0.243 e. The number of anilines is 1. The van der Waals surface area contributed by atoms with Gasteiger partial charge in [-0.3, -0.25) is 14.4 Å². The average molecular weight is 410 g/mol. The third-order valence-corrected chi connectivity index (χ3v) is 4.78. The molecule has 0 bridgehead atoms. The predicted octanol–water partition coefficient (Wildman–Crippen LogP) is 3.22. The van der Waals surface area contributed by atoms with Crippen LogP contribution in [0.4, 0.5) is 5.69 Å². The van der Waals surface area contributed by atoms with E-state index in [4.69, 9.17) is 9.47 Å². The number of benzene rings is 2. The summed E-state index contributed by atoms with van der Waals surface area (Å²) in [6.45, 7) is 3.01. The fourth-order valence-corrected chi connectivity index (χ4v) is 3.03. The molecule has 0 radical (unpaired) electrons. The molecule has 1 aliphatic heterocycles. The molecule has 0 saturated carbocycles. The van der Waals surface area contributed by atoms with E-state index in [0.29, 0.717) is 36.0 Å². The molecule has 1 aliphatic rings. The van der Waals surface area contributed by atoms with Crippen LogP contribution in [0.3, 0.4) is 0 Å². The first-order valence-corrected chi connectivity index (χ1v) is 9.96. The molecule has 2 aromatic rings. The molecule has 158 valence electrons.